The van der Waals surface area contributed by atoms with Crippen LogP contribution in [0.25, 0.3) is 0 Å². The molecular weight excluding hydrogens is 232 g/mol. The Morgan fingerprint density at radius 3 is 2.39 bits per heavy atom. The third kappa shape index (κ3) is 4.85. The lowest BCUT2D eigenvalue weighted by atomic mass is 10.4. The lowest BCUT2D eigenvalue weighted by Crippen LogP contribution is -2.31. The van der Waals surface area contributed by atoms with Gasteiger partial charge in [-0.25, -0.2) is 9.97 Å². The Morgan fingerprint density at radius 1 is 1.17 bits per heavy atom. The Morgan fingerprint density at radius 2 is 1.83 bits per heavy atom. The molecule has 102 valence electrons. The first-order valence-electron chi connectivity index (χ1n) is 6.10. The normalized spacial score (nSPS) is 10.4. The minimum Gasteiger partial charge on any atom is -0.383 e. The maximum absolute atomic E-state index is 5.11. The fourth-order valence-corrected chi connectivity index (χ4v) is 1.54. The second-order valence-electron chi connectivity index (χ2n) is 3.76. The quantitative estimate of drug-likeness (QED) is 0.709. The second-order valence-corrected chi connectivity index (χ2v) is 3.76. The highest BCUT2D eigenvalue weighted by Crippen LogP contribution is 2.13. The summed E-state index contributed by atoms with van der Waals surface area (Å²) in [7, 11) is 3.39. The number of nitrogens with zero attached hydrogens (tertiary/aromatic N) is 3. The molecular formula is C12H22N4O2. The first-order chi connectivity index (χ1) is 8.81. The number of ether oxygens (including phenoxy) is 2. The average molecular weight is 254 g/mol. The average Bonchev–Trinajstić information content (AvgIpc) is 2.40. The highest BCUT2D eigenvalue weighted by Gasteiger charge is 2.08. The zero-order chi connectivity index (χ0) is 13.2. The van der Waals surface area contributed by atoms with Crippen molar-refractivity contribution >= 4 is 11.6 Å². The maximum Gasteiger partial charge on any atom is 0.134 e. The third-order valence-corrected chi connectivity index (χ3v) is 2.47. The Hall–Kier alpha value is -1.40. The van der Waals surface area contributed by atoms with Crippen LogP contribution in [-0.2, 0) is 9.47 Å². The molecule has 1 N–H and O–H groups in total. The summed E-state index contributed by atoms with van der Waals surface area (Å²) < 4.78 is 10.2. The summed E-state index contributed by atoms with van der Waals surface area (Å²) in [6.07, 6.45) is 1.57. The van der Waals surface area contributed by atoms with Gasteiger partial charge in [0.1, 0.15) is 18.0 Å². The van der Waals surface area contributed by atoms with E-state index in [1.807, 2.05) is 13.0 Å². The van der Waals surface area contributed by atoms with Crippen LogP contribution >= 0.6 is 0 Å². The molecule has 1 aromatic heterocycles. The highest BCUT2D eigenvalue weighted by molar-refractivity contribution is 5.48. The van der Waals surface area contributed by atoms with Crippen molar-refractivity contribution in [3.63, 3.8) is 0 Å². The van der Waals surface area contributed by atoms with Crippen molar-refractivity contribution in [2.45, 2.75) is 6.92 Å². The van der Waals surface area contributed by atoms with Crippen molar-refractivity contribution in [2.75, 3.05) is 57.3 Å². The van der Waals surface area contributed by atoms with Crippen LogP contribution in [0.3, 0.4) is 0 Å². The Labute approximate surface area is 108 Å². The second kappa shape index (κ2) is 8.66. The minimum absolute atomic E-state index is 0.657. The molecule has 1 aromatic rings. The molecule has 18 heavy (non-hydrogen) atoms. The van der Waals surface area contributed by atoms with E-state index in [4.69, 9.17) is 9.47 Å². The van der Waals surface area contributed by atoms with Crippen molar-refractivity contribution in [1.82, 2.24) is 9.97 Å². The van der Waals surface area contributed by atoms with Crippen LogP contribution in [-0.4, -0.2) is 57.0 Å². The Bertz CT molecular complexity index is 328. The monoisotopic (exact) mass is 254 g/mol. The van der Waals surface area contributed by atoms with E-state index < -0.39 is 0 Å². The fourth-order valence-electron chi connectivity index (χ4n) is 1.54. The molecule has 0 spiro atoms. The summed E-state index contributed by atoms with van der Waals surface area (Å²) in [6, 6.07) is 1.94. The van der Waals surface area contributed by atoms with Gasteiger partial charge in [-0.3, -0.25) is 0 Å². The van der Waals surface area contributed by atoms with Gasteiger partial charge < -0.3 is 19.7 Å². The molecule has 6 nitrogen and oxygen atoms in total. The van der Waals surface area contributed by atoms with Crippen LogP contribution in [0.15, 0.2) is 12.4 Å². The lowest BCUT2D eigenvalue weighted by Gasteiger charge is -2.23. The van der Waals surface area contributed by atoms with E-state index in [1.165, 1.54) is 0 Å². The van der Waals surface area contributed by atoms with E-state index in [0.29, 0.717) is 13.2 Å². The van der Waals surface area contributed by atoms with Gasteiger partial charge in [-0.1, -0.05) is 0 Å². The molecule has 0 saturated heterocycles. The van der Waals surface area contributed by atoms with E-state index in [0.717, 1.165) is 31.3 Å². The first kappa shape index (κ1) is 14.7. The predicted molar refractivity (Wildman–Crippen MR) is 72.2 cm³/mol. The van der Waals surface area contributed by atoms with Crippen molar-refractivity contribution in [3.05, 3.63) is 12.4 Å². The number of aromatic nitrogens is 2. The van der Waals surface area contributed by atoms with Crippen molar-refractivity contribution in [2.24, 2.45) is 0 Å². The predicted octanol–water partition coefficient (Wildman–Crippen LogP) is 1.01. The van der Waals surface area contributed by atoms with Crippen LogP contribution < -0.4 is 10.2 Å². The summed E-state index contributed by atoms with van der Waals surface area (Å²) in [4.78, 5) is 10.6. The van der Waals surface area contributed by atoms with Crippen molar-refractivity contribution in [1.29, 1.82) is 0 Å². The van der Waals surface area contributed by atoms with Crippen LogP contribution in [0, 0.1) is 0 Å². The van der Waals surface area contributed by atoms with E-state index in [-0.39, 0.29) is 0 Å². The summed E-state index contributed by atoms with van der Waals surface area (Å²) >= 11 is 0. The number of anilines is 2. The standard InChI is InChI=1S/C12H22N4O2/c1-4-13-11-9-12(15-10-14-11)16(5-7-17-2)6-8-18-3/h9-10H,4-8H2,1-3H3,(H,13,14,15). The number of nitrogens with one attached hydrogen (secondary N) is 1. The van der Waals surface area contributed by atoms with Crippen LogP contribution in [0.4, 0.5) is 11.6 Å². The van der Waals surface area contributed by atoms with Gasteiger partial charge in [0.15, 0.2) is 0 Å². The maximum atomic E-state index is 5.11. The van der Waals surface area contributed by atoms with E-state index in [9.17, 15) is 0 Å². The number of methoxy groups -OCH3 is 2. The first-order valence-corrected chi connectivity index (χ1v) is 6.10. The molecule has 0 aliphatic carbocycles. The van der Waals surface area contributed by atoms with Crippen molar-refractivity contribution in [3.8, 4) is 0 Å². The molecule has 0 bridgehead atoms. The third-order valence-electron chi connectivity index (χ3n) is 2.47. The topological polar surface area (TPSA) is 59.5 Å². The zero-order valence-corrected chi connectivity index (χ0v) is 11.3. The van der Waals surface area contributed by atoms with Gasteiger partial charge in [-0.2, -0.15) is 0 Å². The van der Waals surface area contributed by atoms with Crippen LogP contribution in [0.1, 0.15) is 6.92 Å². The minimum atomic E-state index is 0.657. The molecule has 0 amide bonds. The van der Waals surface area contributed by atoms with Gasteiger partial charge in [-0.05, 0) is 6.92 Å². The summed E-state index contributed by atoms with van der Waals surface area (Å²) in [6.45, 7) is 5.75. The van der Waals surface area contributed by atoms with Crippen LogP contribution in [0.2, 0.25) is 0 Å². The zero-order valence-electron chi connectivity index (χ0n) is 11.3. The molecule has 0 atom stereocenters. The van der Waals surface area contributed by atoms with Gasteiger partial charge in [0.2, 0.25) is 0 Å². The van der Waals surface area contributed by atoms with Gasteiger partial charge in [-0.15, -0.1) is 0 Å². The molecule has 0 unspecified atom stereocenters. The van der Waals surface area contributed by atoms with Gasteiger partial charge in [0.05, 0.1) is 13.2 Å². The van der Waals surface area contributed by atoms with Gasteiger partial charge in [0, 0.05) is 39.9 Å². The molecule has 6 heteroatoms. The van der Waals surface area contributed by atoms with Gasteiger partial charge >= 0.3 is 0 Å². The lowest BCUT2D eigenvalue weighted by molar-refractivity contribution is 0.190. The SMILES string of the molecule is CCNc1cc(N(CCOC)CCOC)ncn1. The van der Waals surface area contributed by atoms with E-state index >= 15 is 0 Å². The largest absolute Gasteiger partial charge is 0.383 e. The molecule has 1 heterocycles. The molecule has 1 rings (SSSR count). The molecule has 0 saturated carbocycles. The fraction of sp³-hybridized carbons (Fsp3) is 0.667. The number of hydrogen-bond donors (Lipinski definition) is 1. The highest BCUT2D eigenvalue weighted by atomic mass is 16.5. The Balaban J connectivity index is 2.72. The summed E-state index contributed by atoms with van der Waals surface area (Å²) in [5.41, 5.74) is 0. The smallest absolute Gasteiger partial charge is 0.134 e. The van der Waals surface area contributed by atoms with Crippen molar-refractivity contribution < 1.29 is 9.47 Å². The molecule has 0 aliphatic heterocycles. The summed E-state index contributed by atoms with van der Waals surface area (Å²) in [5.74, 6) is 1.72. The molecule has 0 radical (unpaired) electrons. The van der Waals surface area contributed by atoms with Crippen LogP contribution in [0.5, 0.6) is 0 Å². The molecule has 0 aromatic carbocycles. The van der Waals surface area contributed by atoms with E-state index in [2.05, 4.69) is 20.2 Å². The number of rotatable bonds is 9. The van der Waals surface area contributed by atoms with E-state index in [1.54, 1.807) is 20.5 Å². The summed E-state index contributed by atoms with van der Waals surface area (Å²) in [5, 5.41) is 3.17. The Kier molecular flexibility index (Phi) is 7.05. The number of hydrogen-bond acceptors (Lipinski definition) is 6. The molecule has 0 fully saturated rings. The molecule has 0 aliphatic rings. The van der Waals surface area contributed by atoms with Gasteiger partial charge in [0.25, 0.3) is 0 Å².